The van der Waals surface area contributed by atoms with Crippen LogP contribution in [-0.2, 0) is 5.54 Å². The SMILES string of the molecule is CC(N)(c1ccc(F)cc1)c1cnc(N2CCN(c3ncnn4cc(-c5cn[nH]c5)cc34)CC2)nc1. The molecule has 1 atom stereocenters. The highest BCUT2D eigenvalue weighted by Crippen LogP contribution is 2.28. The third-order valence-electron chi connectivity index (χ3n) is 6.76. The first kappa shape index (κ1) is 22.1. The first-order valence-corrected chi connectivity index (χ1v) is 11.7. The molecule has 36 heavy (non-hydrogen) atoms. The van der Waals surface area contributed by atoms with Gasteiger partial charge in [0.05, 0.1) is 11.7 Å². The van der Waals surface area contributed by atoms with E-state index >= 15 is 0 Å². The maximum atomic E-state index is 13.3. The Labute approximate surface area is 206 Å². The molecule has 0 spiro atoms. The van der Waals surface area contributed by atoms with Gasteiger partial charge in [0, 0.05) is 67.7 Å². The van der Waals surface area contributed by atoms with Crippen molar-refractivity contribution in [1.82, 2.24) is 34.8 Å². The Morgan fingerprint density at radius 3 is 2.33 bits per heavy atom. The predicted octanol–water partition coefficient (Wildman–Crippen LogP) is 2.60. The summed E-state index contributed by atoms with van der Waals surface area (Å²) in [4.78, 5) is 18.2. The second kappa shape index (κ2) is 8.68. The van der Waals surface area contributed by atoms with Gasteiger partial charge in [-0.05, 0) is 30.7 Å². The molecule has 3 N–H and O–H groups in total. The highest BCUT2D eigenvalue weighted by atomic mass is 19.1. The van der Waals surface area contributed by atoms with Gasteiger partial charge >= 0.3 is 0 Å². The molecule has 11 heteroatoms. The minimum atomic E-state index is -0.824. The second-order valence-electron chi connectivity index (χ2n) is 9.08. The summed E-state index contributed by atoms with van der Waals surface area (Å²) in [5.74, 6) is 1.26. The summed E-state index contributed by atoms with van der Waals surface area (Å²) in [6.45, 7) is 4.92. The zero-order valence-electron chi connectivity index (χ0n) is 19.7. The van der Waals surface area contributed by atoms with Gasteiger partial charge in [-0.25, -0.2) is 23.9 Å². The van der Waals surface area contributed by atoms with Crippen LogP contribution in [0.2, 0.25) is 0 Å². The topological polar surface area (TPSA) is 117 Å². The quantitative estimate of drug-likeness (QED) is 0.391. The predicted molar refractivity (Wildman–Crippen MR) is 134 cm³/mol. The number of aromatic nitrogens is 7. The number of hydrogen-bond donors (Lipinski definition) is 2. The third kappa shape index (κ3) is 3.93. The van der Waals surface area contributed by atoms with Gasteiger partial charge in [0.15, 0.2) is 5.82 Å². The highest BCUT2D eigenvalue weighted by molar-refractivity contribution is 5.77. The van der Waals surface area contributed by atoms with Gasteiger partial charge in [-0.15, -0.1) is 0 Å². The molecule has 182 valence electrons. The van der Waals surface area contributed by atoms with Crippen LogP contribution in [-0.4, -0.2) is 60.9 Å². The van der Waals surface area contributed by atoms with Gasteiger partial charge in [-0.3, -0.25) is 5.10 Å². The molecule has 0 bridgehead atoms. The van der Waals surface area contributed by atoms with Crippen LogP contribution in [0, 0.1) is 5.82 Å². The van der Waals surface area contributed by atoms with Gasteiger partial charge < -0.3 is 15.5 Å². The molecule has 0 radical (unpaired) electrons. The molecule has 0 saturated carbocycles. The maximum absolute atomic E-state index is 13.3. The zero-order chi connectivity index (χ0) is 24.7. The number of nitrogens with zero attached hydrogens (tertiary/aromatic N) is 8. The van der Waals surface area contributed by atoms with Gasteiger partial charge in [-0.2, -0.15) is 10.2 Å². The largest absolute Gasteiger partial charge is 0.351 e. The number of halogens is 1. The molecule has 6 rings (SSSR count). The minimum absolute atomic E-state index is 0.293. The van der Waals surface area contributed by atoms with Crippen molar-refractivity contribution in [2.24, 2.45) is 5.73 Å². The molecular formula is C25H25FN10. The molecule has 10 nitrogen and oxygen atoms in total. The van der Waals surface area contributed by atoms with Crippen LogP contribution in [0.1, 0.15) is 18.1 Å². The van der Waals surface area contributed by atoms with E-state index in [1.54, 1.807) is 37.1 Å². The van der Waals surface area contributed by atoms with Crippen molar-refractivity contribution in [3.05, 3.63) is 84.6 Å². The number of nitrogens with one attached hydrogen (secondary N) is 1. The smallest absolute Gasteiger partial charge is 0.225 e. The van der Waals surface area contributed by atoms with Crippen molar-refractivity contribution in [3.63, 3.8) is 0 Å². The number of fused-ring (bicyclic) bond motifs is 1. The van der Waals surface area contributed by atoms with Crippen molar-refractivity contribution in [2.75, 3.05) is 36.0 Å². The molecule has 5 aromatic rings. The first-order valence-electron chi connectivity index (χ1n) is 11.7. The lowest BCUT2D eigenvalue weighted by atomic mass is 9.87. The van der Waals surface area contributed by atoms with Crippen molar-refractivity contribution < 1.29 is 4.39 Å². The summed E-state index contributed by atoms with van der Waals surface area (Å²) in [6.07, 6.45) is 10.7. The molecular weight excluding hydrogens is 459 g/mol. The highest BCUT2D eigenvalue weighted by Gasteiger charge is 2.26. The van der Waals surface area contributed by atoms with Gasteiger partial charge in [-0.1, -0.05) is 12.1 Å². The second-order valence-corrected chi connectivity index (χ2v) is 9.08. The molecule has 1 aliphatic rings. The molecule has 1 aromatic carbocycles. The molecule has 0 aliphatic carbocycles. The van der Waals surface area contributed by atoms with Crippen LogP contribution in [0.3, 0.4) is 0 Å². The van der Waals surface area contributed by atoms with E-state index in [2.05, 4.69) is 46.1 Å². The van der Waals surface area contributed by atoms with Crippen LogP contribution in [0.5, 0.6) is 0 Å². The summed E-state index contributed by atoms with van der Waals surface area (Å²) in [6, 6.07) is 8.28. The lowest BCUT2D eigenvalue weighted by Crippen LogP contribution is -2.47. The molecule has 1 unspecified atom stereocenters. The number of anilines is 2. The van der Waals surface area contributed by atoms with E-state index in [9.17, 15) is 4.39 Å². The average Bonchev–Trinajstić information content (AvgIpc) is 3.59. The zero-order valence-corrected chi connectivity index (χ0v) is 19.7. The Balaban J connectivity index is 1.17. The number of H-pyrrole nitrogens is 1. The van der Waals surface area contributed by atoms with Crippen LogP contribution < -0.4 is 15.5 Å². The van der Waals surface area contributed by atoms with Crippen LogP contribution >= 0.6 is 0 Å². The normalized spacial score (nSPS) is 15.9. The van der Waals surface area contributed by atoms with Crippen LogP contribution in [0.4, 0.5) is 16.2 Å². The lowest BCUT2D eigenvalue weighted by molar-refractivity contribution is 0.585. The lowest BCUT2D eigenvalue weighted by Gasteiger charge is -2.35. The van der Waals surface area contributed by atoms with Crippen molar-refractivity contribution in [1.29, 1.82) is 0 Å². The van der Waals surface area contributed by atoms with E-state index < -0.39 is 5.54 Å². The average molecular weight is 485 g/mol. The molecule has 1 aliphatic heterocycles. The number of rotatable bonds is 5. The number of hydrogen-bond acceptors (Lipinski definition) is 8. The molecule has 5 heterocycles. The summed E-state index contributed by atoms with van der Waals surface area (Å²) < 4.78 is 15.2. The Morgan fingerprint density at radius 2 is 1.64 bits per heavy atom. The van der Waals surface area contributed by atoms with Crippen molar-refractivity contribution >= 4 is 17.3 Å². The Bertz CT molecular complexity index is 1470. The number of benzene rings is 1. The van der Waals surface area contributed by atoms with Gasteiger partial charge in [0.1, 0.15) is 17.7 Å². The number of aromatic amines is 1. The Morgan fingerprint density at radius 1 is 0.917 bits per heavy atom. The van der Waals surface area contributed by atoms with Crippen molar-refractivity contribution in [3.8, 4) is 11.1 Å². The standard InChI is InChI=1S/C25H25FN10/c1-25(27,19-2-4-21(26)5-3-19)20-13-28-24(29-14-20)35-8-6-34(7-9-35)23-22-10-17(18-11-31-32-12-18)15-36(22)33-16-30-23/h2-5,10-16H,6-9,27H2,1H3,(H,31,32). The molecule has 0 amide bonds. The number of nitrogens with two attached hydrogens (primary N) is 1. The Hall–Kier alpha value is -4.38. The number of piperazine rings is 1. The Kier molecular flexibility index (Phi) is 5.33. The van der Waals surface area contributed by atoms with Crippen LogP contribution in [0.15, 0.2) is 67.6 Å². The van der Waals surface area contributed by atoms with E-state index in [1.165, 1.54) is 12.1 Å². The van der Waals surface area contributed by atoms with E-state index in [1.807, 2.05) is 23.8 Å². The maximum Gasteiger partial charge on any atom is 0.225 e. The monoisotopic (exact) mass is 484 g/mol. The van der Waals surface area contributed by atoms with Gasteiger partial charge in [0.25, 0.3) is 0 Å². The summed E-state index contributed by atoms with van der Waals surface area (Å²) in [5.41, 5.74) is 10.3. The van der Waals surface area contributed by atoms with E-state index in [4.69, 9.17) is 5.73 Å². The third-order valence-corrected chi connectivity index (χ3v) is 6.76. The molecule has 1 fully saturated rings. The van der Waals surface area contributed by atoms with Crippen molar-refractivity contribution in [2.45, 2.75) is 12.5 Å². The minimum Gasteiger partial charge on any atom is -0.351 e. The van der Waals surface area contributed by atoms with E-state index in [0.29, 0.717) is 5.95 Å². The summed E-state index contributed by atoms with van der Waals surface area (Å²) >= 11 is 0. The van der Waals surface area contributed by atoms with E-state index in [0.717, 1.165) is 59.8 Å². The first-order chi connectivity index (χ1) is 17.5. The fraction of sp³-hybridized carbons (Fsp3) is 0.240. The molecule has 4 aromatic heterocycles. The van der Waals surface area contributed by atoms with Crippen LogP contribution in [0.25, 0.3) is 16.6 Å². The molecule has 1 saturated heterocycles. The fourth-order valence-electron chi connectivity index (χ4n) is 4.56. The summed E-state index contributed by atoms with van der Waals surface area (Å²) in [5, 5.41) is 11.3. The fourth-order valence-corrected chi connectivity index (χ4v) is 4.56. The van der Waals surface area contributed by atoms with E-state index in [-0.39, 0.29) is 5.82 Å². The summed E-state index contributed by atoms with van der Waals surface area (Å²) in [7, 11) is 0. The van der Waals surface area contributed by atoms with Gasteiger partial charge in [0.2, 0.25) is 5.95 Å².